The number of aliphatic hydroxyl groups excluding tert-OH is 1. The summed E-state index contributed by atoms with van der Waals surface area (Å²) < 4.78 is 0. The van der Waals surface area contributed by atoms with Crippen molar-refractivity contribution in [2.24, 2.45) is 5.92 Å². The summed E-state index contributed by atoms with van der Waals surface area (Å²) in [4.78, 5) is 28.4. The van der Waals surface area contributed by atoms with Gasteiger partial charge in [0, 0.05) is 50.6 Å². The van der Waals surface area contributed by atoms with Crippen LogP contribution in [0, 0.1) is 5.92 Å². The number of hydrogen-bond acceptors (Lipinski definition) is 4. The van der Waals surface area contributed by atoms with Gasteiger partial charge >= 0.3 is 0 Å². The first-order chi connectivity index (χ1) is 11.7. The summed E-state index contributed by atoms with van der Waals surface area (Å²) in [5.74, 6) is -0.423. The van der Waals surface area contributed by atoms with Crippen molar-refractivity contribution in [3.63, 3.8) is 0 Å². The molecule has 130 valence electrons. The van der Waals surface area contributed by atoms with E-state index in [1.807, 2.05) is 12.1 Å². The van der Waals surface area contributed by atoms with Crippen LogP contribution in [0.3, 0.4) is 0 Å². The summed E-state index contributed by atoms with van der Waals surface area (Å²) in [6.45, 7) is 3.12. The van der Waals surface area contributed by atoms with E-state index in [4.69, 9.17) is 5.11 Å². The van der Waals surface area contributed by atoms with Crippen LogP contribution < -0.4 is 15.1 Å². The monoisotopic (exact) mass is 331 g/mol. The van der Waals surface area contributed by atoms with Gasteiger partial charge < -0.3 is 20.2 Å². The molecule has 2 aliphatic rings. The van der Waals surface area contributed by atoms with Gasteiger partial charge in [0.2, 0.25) is 11.8 Å². The number of anilines is 2. The molecule has 0 aromatic heterocycles. The second-order valence-corrected chi connectivity index (χ2v) is 6.48. The van der Waals surface area contributed by atoms with Crippen molar-refractivity contribution < 1.29 is 14.7 Å². The molecular weight excluding hydrogens is 306 g/mol. The zero-order chi connectivity index (χ0) is 16.9. The zero-order valence-corrected chi connectivity index (χ0v) is 13.9. The van der Waals surface area contributed by atoms with Crippen LogP contribution in [0.4, 0.5) is 11.4 Å². The van der Waals surface area contributed by atoms with E-state index in [-0.39, 0.29) is 30.8 Å². The normalized spacial score (nSPS) is 20.7. The van der Waals surface area contributed by atoms with Gasteiger partial charge in [0.1, 0.15) is 0 Å². The topological polar surface area (TPSA) is 72.9 Å². The summed E-state index contributed by atoms with van der Waals surface area (Å²) in [6.07, 6.45) is 3.26. The van der Waals surface area contributed by atoms with Crippen molar-refractivity contribution >= 4 is 23.2 Å². The molecule has 2 amide bonds. The molecule has 24 heavy (non-hydrogen) atoms. The number of hydrogen-bond donors (Lipinski definition) is 2. The third-order valence-electron chi connectivity index (χ3n) is 4.76. The maximum atomic E-state index is 12.3. The molecule has 2 aliphatic heterocycles. The number of nitrogens with zero attached hydrogens (tertiary/aromatic N) is 2. The van der Waals surface area contributed by atoms with E-state index >= 15 is 0 Å². The lowest BCUT2D eigenvalue weighted by molar-refractivity contribution is -0.126. The van der Waals surface area contributed by atoms with Crippen molar-refractivity contribution in [1.82, 2.24) is 5.32 Å². The van der Waals surface area contributed by atoms with Gasteiger partial charge in [-0.3, -0.25) is 9.59 Å². The highest BCUT2D eigenvalue weighted by molar-refractivity contribution is 6.00. The SMILES string of the molecule is O=C(NCCCO)C1CC(=O)N(c2ccc(N3CCCC3)cc2)C1. The molecular formula is C18H25N3O3. The Hall–Kier alpha value is -2.08. The van der Waals surface area contributed by atoms with E-state index in [1.54, 1.807) is 4.90 Å². The molecule has 3 rings (SSSR count). The van der Waals surface area contributed by atoms with Crippen LogP contribution in [-0.2, 0) is 9.59 Å². The van der Waals surface area contributed by atoms with E-state index in [1.165, 1.54) is 18.5 Å². The highest BCUT2D eigenvalue weighted by atomic mass is 16.3. The number of nitrogens with one attached hydrogen (secondary N) is 1. The van der Waals surface area contributed by atoms with Crippen LogP contribution in [0.1, 0.15) is 25.7 Å². The van der Waals surface area contributed by atoms with Crippen molar-refractivity contribution in [3.8, 4) is 0 Å². The molecule has 2 fully saturated rings. The van der Waals surface area contributed by atoms with Crippen LogP contribution in [0.2, 0.25) is 0 Å². The Morgan fingerprint density at radius 1 is 1.17 bits per heavy atom. The van der Waals surface area contributed by atoms with Gasteiger partial charge in [-0.15, -0.1) is 0 Å². The molecule has 1 unspecified atom stereocenters. The van der Waals surface area contributed by atoms with Crippen LogP contribution >= 0.6 is 0 Å². The molecule has 1 aromatic carbocycles. The first-order valence-electron chi connectivity index (χ1n) is 8.73. The van der Waals surface area contributed by atoms with E-state index in [0.29, 0.717) is 19.5 Å². The molecule has 6 heteroatoms. The van der Waals surface area contributed by atoms with E-state index in [9.17, 15) is 9.59 Å². The average molecular weight is 331 g/mol. The van der Waals surface area contributed by atoms with Gasteiger partial charge in [-0.05, 0) is 43.5 Å². The first-order valence-corrected chi connectivity index (χ1v) is 8.73. The smallest absolute Gasteiger partial charge is 0.227 e. The molecule has 2 saturated heterocycles. The second-order valence-electron chi connectivity index (χ2n) is 6.48. The summed E-state index contributed by atoms with van der Waals surface area (Å²) in [7, 11) is 0. The fraction of sp³-hybridized carbons (Fsp3) is 0.556. The largest absolute Gasteiger partial charge is 0.396 e. The molecule has 0 bridgehead atoms. The second kappa shape index (κ2) is 7.66. The van der Waals surface area contributed by atoms with Crippen molar-refractivity contribution in [2.45, 2.75) is 25.7 Å². The predicted molar refractivity (Wildman–Crippen MR) is 93.1 cm³/mol. The van der Waals surface area contributed by atoms with Crippen molar-refractivity contribution in [1.29, 1.82) is 0 Å². The molecule has 2 N–H and O–H groups in total. The quantitative estimate of drug-likeness (QED) is 0.767. The van der Waals surface area contributed by atoms with E-state index < -0.39 is 0 Å². The van der Waals surface area contributed by atoms with Crippen LogP contribution in [0.5, 0.6) is 0 Å². The highest BCUT2D eigenvalue weighted by Crippen LogP contribution is 2.28. The Labute approximate surface area is 142 Å². The molecule has 6 nitrogen and oxygen atoms in total. The average Bonchev–Trinajstić information content (AvgIpc) is 3.25. The van der Waals surface area contributed by atoms with Crippen LogP contribution in [0.25, 0.3) is 0 Å². The predicted octanol–water partition coefficient (Wildman–Crippen LogP) is 1.14. The molecule has 1 aromatic rings. The summed E-state index contributed by atoms with van der Waals surface area (Å²) in [5.41, 5.74) is 2.05. The summed E-state index contributed by atoms with van der Waals surface area (Å²) in [6, 6.07) is 8.06. The minimum atomic E-state index is -0.311. The molecule has 1 atom stereocenters. The third-order valence-corrected chi connectivity index (χ3v) is 4.76. The molecule has 0 aliphatic carbocycles. The van der Waals surface area contributed by atoms with Crippen LogP contribution in [0.15, 0.2) is 24.3 Å². The maximum absolute atomic E-state index is 12.3. The lowest BCUT2D eigenvalue weighted by Crippen LogP contribution is -2.33. The Kier molecular flexibility index (Phi) is 5.35. The number of amides is 2. The lowest BCUT2D eigenvalue weighted by Gasteiger charge is -2.20. The maximum Gasteiger partial charge on any atom is 0.227 e. The van der Waals surface area contributed by atoms with Gasteiger partial charge in [0.05, 0.1) is 5.92 Å². The fourth-order valence-corrected chi connectivity index (χ4v) is 3.39. The minimum absolute atomic E-state index is 0.00812. The number of benzene rings is 1. The van der Waals surface area contributed by atoms with Gasteiger partial charge in [-0.25, -0.2) is 0 Å². The van der Waals surface area contributed by atoms with Gasteiger partial charge in [0.15, 0.2) is 0 Å². The van der Waals surface area contributed by atoms with E-state index in [0.717, 1.165) is 18.8 Å². The number of rotatable bonds is 6. The van der Waals surface area contributed by atoms with Crippen molar-refractivity contribution in [3.05, 3.63) is 24.3 Å². The van der Waals surface area contributed by atoms with Gasteiger partial charge in [-0.2, -0.15) is 0 Å². The third kappa shape index (κ3) is 3.70. The Bertz CT molecular complexity index is 582. The standard InChI is InChI=1S/C18H25N3O3/c22-11-3-8-19-18(24)14-12-17(23)21(13-14)16-6-4-15(5-7-16)20-9-1-2-10-20/h4-7,14,22H,1-3,8-13H2,(H,19,24). The molecule has 0 radical (unpaired) electrons. The summed E-state index contributed by atoms with van der Waals surface area (Å²) >= 11 is 0. The van der Waals surface area contributed by atoms with Crippen molar-refractivity contribution in [2.75, 3.05) is 42.6 Å². The highest BCUT2D eigenvalue weighted by Gasteiger charge is 2.34. The number of carbonyl (C=O) groups is 2. The minimum Gasteiger partial charge on any atom is -0.396 e. The Morgan fingerprint density at radius 3 is 2.50 bits per heavy atom. The number of carbonyl (C=O) groups excluding carboxylic acids is 2. The molecule has 0 saturated carbocycles. The van der Waals surface area contributed by atoms with Gasteiger partial charge in [-0.1, -0.05) is 0 Å². The number of aliphatic hydroxyl groups is 1. The molecule has 2 heterocycles. The fourth-order valence-electron chi connectivity index (χ4n) is 3.39. The summed E-state index contributed by atoms with van der Waals surface area (Å²) in [5, 5.41) is 11.5. The zero-order valence-electron chi connectivity index (χ0n) is 13.9. The van der Waals surface area contributed by atoms with E-state index in [2.05, 4.69) is 22.3 Å². The Balaban J connectivity index is 1.60. The first kappa shape index (κ1) is 16.8. The van der Waals surface area contributed by atoms with Gasteiger partial charge in [0.25, 0.3) is 0 Å². The lowest BCUT2D eigenvalue weighted by atomic mass is 10.1. The Morgan fingerprint density at radius 2 is 1.83 bits per heavy atom. The molecule has 0 spiro atoms. The van der Waals surface area contributed by atoms with Crippen LogP contribution in [-0.4, -0.2) is 49.7 Å².